The van der Waals surface area contributed by atoms with Crippen molar-refractivity contribution >= 4 is 5.91 Å². The lowest BCUT2D eigenvalue weighted by molar-refractivity contribution is 0.0198. The Bertz CT molecular complexity index is 811. The first-order valence-corrected chi connectivity index (χ1v) is 10.8. The first-order valence-electron chi connectivity index (χ1n) is 10.8. The first kappa shape index (κ1) is 19.9. The number of ether oxygens (including phenoxy) is 1. The molecule has 1 aromatic carbocycles. The van der Waals surface area contributed by atoms with Crippen LogP contribution in [0, 0.1) is 5.92 Å². The second-order valence-corrected chi connectivity index (χ2v) is 8.21. The zero-order chi connectivity index (χ0) is 20.1. The molecule has 29 heavy (non-hydrogen) atoms. The number of rotatable bonds is 6. The number of likely N-dealkylation sites (tertiary alicyclic amines) is 2. The van der Waals surface area contributed by atoms with Gasteiger partial charge in [0.1, 0.15) is 5.56 Å². The summed E-state index contributed by atoms with van der Waals surface area (Å²) in [5, 5.41) is 0. The Kier molecular flexibility index (Phi) is 6.45. The van der Waals surface area contributed by atoms with Crippen LogP contribution < -0.4 is 4.74 Å². The standard InChI is InChI=1S/C24H31N3O2/c1-29-23-21(12-5-14-25-23)24(28)27-16-7-11-20-18-26(17-13-22(20)27)15-6-10-19-8-3-2-4-9-19/h2-5,8-9,12,14,20,22H,6-7,10-11,13,15-18H2,1H3/t20-,22+/m1/s1. The highest BCUT2D eigenvalue weighted by molar-refractivity contribution is 5.96. The largest absolute Gasteiger partial charge is 0.480 e. The van der Waals surface area contributed by atoms with Crippen molar-refractivity contribution in [2.75, 3.05) is 33.3 Å². The zero-order valence-electron chi connectivity index (χ0n) is 17.3. The second-order valence-electron chi connectivity index (χ2n) is 8.21. The van der Waals surface area contributed by atoms with Gasteiger partial charge >= 0.3 is 0 Å². The Hall–Kier alpha value is -2.40. The first-order chi connectivity index (χ1) is 14.3. The summed E-state index contributed by atoms with van der Waals surface area (Å²) >= 11 is 0. The van der Waals surface area contributed by atoms with Gasteiger partial charge in [0.05, 0.1) is 7.11 Å². The normalized spacial score (nSPS) is 22.2. The summed E-state index contributed by atoms with van der Waals surface area (Å²) in [5.74, 6) is 1.07. The number of hydrogen-bond acceptors (Lipinski definition) is 4. The highest BCUT2D eigenvalue weighted by Gasteiger charge is 2.38. The molecule has 1 amide bonds. The van der Waals surface area contributed by atoms with Crippen LogP contribution in [0.2, 0.25) is 0 Å². The van der Waals surface area contributed by atoms with Gasteiger partial charge in [0.2, 0.25) is 5.88 Å². The molecule has 2 aliphatic rings. The molecule has 0 saturated carbocycles. The van der Waals surface area contributed by atoms with Gasteiger partial charge in [0.25, 0.3) is 5.91 Å². The molecule has 4 rings (SSSR count). The maximum atomic E-state index is 13.2. The Labute approximate surface area is 173 Å². The van der Waals surface area contributed by atoms with Crippen LogP contribution in [0.25, 0.3) is 0 Å². The molecule has 3 heterocycles. The Morgan fingerprint density at radius 1 is 1.14 bits per heavy atom. The minimum atomic E-state index is 0.0715. The molecule has 154 valence electrons. The monoisotopic (exact) mass is 393 g/mol. The number of amides is 1. The van der Waals surface area contributed by atoms with Crippen molar-refractivity contribution in [1.29, 1.82) is 0 Å². The van der Waals surface area contributed by atoms with E-state index in [-0.39, 0.29) is 5.91 Å². The fourth-order valence-corrected chi connectivity index (χ4v) is 4.96. The van der Waals surface area contributed by atoms with E-state index < -0.39 is 0 Å². The lowest BCUT2D eigenvalue weighted by Gasteiger charge is -2.47. The van der Waals surface area contributed by atoms with Crippen LogP contribution in [-0.4, -0.2) is 60.0 Å². The molecule has 0 unspecified atom stereocenters. The number of aryl methyl sites for hydroxylation is 1. The van der Waals surface area contributed by atoms with E-state index in [4.69, 9.17) is 4.74 Å². The minimum absolute atomic E-state index is 0.0715. The fraction of sp³-hybridized carbons (Fsp3) is 0.500. The summed E-state index contributed by atoms with van der Waals surface area (Å²) in [6, 6.07) is 14.7. The topological polar surface area (TPSA) is 45.7 Å². The zero-order valence-corrected chi connectivity index (χ0v) is 17.3. The van der Waals surface area contributed by atoms with Crippen molar-refractivity contribution in [3.8, 4) is 5.88 Å². The molecule has 0 bridgehead atoms. The molecule has 2 aliphatic heterocycles. The summed E-state index contributed by atoms with van der Waals surface area (Å²) in [4.78, 5) is 22.1. The Balaban J connectivity index is 1.35. The molecular weight excluding hydrogens is 362 g/mol. The third-order valence-corrected chi connectivity index (χ3v) is 6.39. The number of piperidine rings is 2. The van der Waals surface area contributed by atoms with Crippen LogP contribution in [0.3, 0.4) is 0 Å². The molecule has 1 aromatic heterocycles. The Morgan fingerprint density at radius 2 is 2.00 bits per heavy atom. The van der Waals surface area contributed by atoms with Gasteiger partial charge in [-0.1, -0.05) is 30.3 Å². The predicted octanol–water partition coefficient (Wildman–Crippen LogP) is 3.65. The summed E-state index contributed by atoms with van der Waals surface area (Å²) in [7, 11) is 1.58. The SMILES string of the molecule is COc1ncccc1C(=O)N1CCC[C@@H]2CN(CCCc3ccccc3)CC[C@@H]21. The molecule has 2 fully saturated rings. The van der Waals surface area contributed by atoms with Crippen LogP contribution in [0.4, 0.5) is 0 Å². The number of aromatic nitrogens is 1. The van der Waals surface area contributed by atoms with Gasteiger partial charge in [-0.3, -0.25) is 4.79 Å². The maximum absolute atomic E-state index is 13.2. The number of fused-ring (bicyclic) bond motifs is 1. The molecule has 5 heteroatoms. The number of hydrogen-bond donors (Lipinski definition) is 0. The number of nitrogens with zero attached hydrogens (tertiary/aromatic N) is 3. The third kappa shape index (κ3) is 4.61. The molecule has 2 aromatic rings. The average molecular weight is 394 g/mol. The van der Waals surface area contributed by atoms with E-state index in [0.717, 1.165) is 45.4 Å². The molecule has 0 N–H and O–H groups in total. The fourth-order valence-electron chi connectivity index (χ4n) is 4.96. The van der Waals surface area contributed by atoms with Crippen LogP contribution in [0.5, 0.6) is 5.88 Å². The number of methoxy groups -OCH3 is 1. The van der Waals surface area contributed by atoms with E-state index in [2.05, 4.69) is 45.1 Å². The smallest absolute Gasteiger partial charge is 0.259 e. The third-order valence-electron chi connectivity index (χ3n) is 6.39. The molecule has 5 nitrogen and oxygen atoms in total. The van der Waals surface area contributed by atoms with E-state index in [1.54, 1.807) is 13.3 Å². The van der Waals surface area contributed by atoms with Crippen LogP contribution in [0.15, 0.2) is 48.7 Å². The van der Waals surface area contributed by atoms with Gasteiger partial charge in [0.15, 0.2) is 0 Å². The number of carbonyl (C=O) groups excluding carboxylic acids is 1. The van der Waals surface area contributed by atoms with Crippen molar-refractivity contribution in [2.45, 2.75) is 38.1 Å². The van der Waals surface area contributed by atoms with E-state index in [1.165, 1.54) is 18.4 Å². The quantitative estimate of drug-likeness (QED) is 0.752. The van der Waals surface area contributed by atoms with Crippen LogP contribution >= 0.6 is 0 Å². The van der Waals surface area contributed by atoms with Gasteiger partial charge in [0, 0.05) is 31.9 Å². The number of pyridine rings is 1. The van der Waals surface area contributed by atoms with Crippen LogP contribution in [0.1, 0.15) is 41.6 Å². The maximum Gasteiger partial charge on any atom is 0.259 e. The highest BCUT2D eigenvalue weighted by Crippen LogP contribution is 2.32. The van der Waals surface area contributed by atoms with Crippen molar-refractivity contribution in [3.05, 3.63) is 59.8 Å². The number of benzene rings is 1. The number of carbonyl (C=O) groups is 1. The lowest BCUT2D eigenvalue weighted by atomic mass is 9.83. The van der Waals surface area contributed by atoms with Crippen molar-refractivity contribution in [3.63, 3.8) is 0 Å². The van der Waals surface area contributed by atoms with Gasteiger partial charge in [-0.05, 0) is 62.3 Å². The predicted molar refractivity (Wildman–Crippen MR) is 114 cm³/mol. The molecule has 0 aliphatic carbocycles. The summed E-state index contributed by atoms with van der Waals surface area (Å²) in [5.41, 5.74) is 2.00. The van der Waals surface area contributed by atoms with Gasteiger partial charge in [-0.15, -0.1) is 0 Å². The second kappa shape index (κ2) is 9.40. The van der Waals surface area contributed by atoms with Gasteiger partial charge < -0.3 is 14.5 Å². The van der Waals surface area contributed by atoms with Gasteiger partial charge in [-0.25, -0.2) is 4.98 Å². The molecule has 0 spiro atoms. The molecular formula is C24H31N3O2. The van der Waals surface area contributed by atoms with Gasteiger partial charge in [-0.2, -0.15) is 0 Å². The van der Waals surface area contributed by atoms with Crippen LogP contribution in [-0.2, 0) is 6.42 Å². The van der Waals surface area contributed by atoms with E-state index in [1.807, 2.05) is 12.1 Å². The molecule has 2 atom stereocenters. The molecule has 0 radical (unpaired) electrons. The van der Waals surface area contributed by atoms with E-state index in [9.17, 15) is 4.79 Å². The van der Waals surface area contributed by atoms with E-state index in [0.29, 0.717) is 23.4 Å². The van der Waals surface area contributed by atoms with Crippen molar-refractivity contribution in [2.24, 2.45) is 5.92 Å². The van der Waals surface area contributed by atoms with E-state index >= 15 is 0 Å². The van der Waals surface area contributed by atoms with Crippen molar-refractivity contribution in [1.82, 2.24) is 14.8 Å². The summed E-state index contributed by atoms with van der Waals surface area (Å²) in [6.45, 7) is 4.16. The average Bonchev–Trinajstić information content (AvgIpc) is 2.78. The summed E-state index contributed by atoms with van der Waals surface area (Å²) < 4.78 is 5.32. The highest BCUT2D eigenvalue weighted by atomic mass is 16.5. The Morgan fingerprint density at radius 3 is 2.83 bits per heavy atom. The van der Waals surface area contributed by atoms with Crippen molar-refractivity contribution < 1.29 is 9.53 Å². The molecule has 2 saturated heterocycles. The summed E-state index contributed by atoms with van der Waals surface area (Å²) in [6.07, 6.45) is 7.35. The minimum Gasteiger partial charge on any atom is -0.480 e. The lowest BCUT2D eigenvalue weighted by Crippen LogP contribution is -2.55.